The first kappa shape index (κ1) is 17.5. The standard InChI is InChI=1S/C17H11Cl3O3/c1-2-7-22-17(21)12-8-14(19)16(15(20)9-12)23-10-11-3-5-13(18)6-4-11/h1,3-6,8-9H,7,10H2. The number of esters is 1. The fraction of sp³-hybridized carbons (Fsp3) is 0.118. The largest absolute Gasteiger partial charge is 0.486 e. The highest BCUT2D eigenvalue weighted by atomic mass is 35.5. The summed E-state index contributed by atoms with van der Waals surface area (Å²) in [6.07, 6.45) is 5.04. The number of rotatable bonds is 5. The van der Waals surface area contributed by atoms with Crippen molar-refractivity contribution in [3.05, 3.63) is 62.6 Å². The molecule has 0 spiro atoms. The van der Waals surface area contributed by atoms with Crippen molar-refractivity contribution >= 4 is 40.8 Å². The van der Waals surface area contributed by atoms with E-state index in [-0.39, 0.29) is 34.6 Å². The molecule has 0 heterocycles. The molecule has 0 amide bonds. The Hall–Kier alpha value is -1.86. The van der Waals surface area contributed by atoms with Gasteiger partial charge in [-0.25, -0.2) is 4.79 Å². The SMILES string of the molecule is C#CCOC(=O)c1cc(Cl)c(OCc2ccc(Cl)cc2)c(Cl)c1. The third-order valence-electron chi connectivity index (χ3n) is 2.82. The highest BCUT2D eigenvalue weighted by Crippen LogP contribution is 2.35. The van der Waals surface area contributed by atoms with Crippen LogP contribution in [0.15, 0.2) is 36.4 Å². The number of hydrogen-bond acceptors (Lipinski definition) is 3. The van der Waals surface area contributed by atoms with Crippen LogP contribution in [0.25, 0.3) is 0 Å². The van der Waals surface area contributed by atoms with E-state index in [1.165, 1.54) is 12.1 Å². The molecule has 0 bridgehead atoms. The number of carbonyl (C=O) groups excluding carboxylic acids is 1. The summed E-state index contributed by atoms with van der Waals surface area (Å²) in [6.45, 7) is 0.139. The van der Waals surface area contributed by atoms with Crippen LogP contribution in [-0.2, 0) is 11.3 Å². The van der Waals surface area contributed by atoms with Crippen molar-refractivity contribution in [1.82, 2.24) is 0 Å². The molecule has 0 radical (unpaired) electrons. The molecule has 0 atom stereocenters. The van der Waals surface area contributed by atoms with Crippen LogP contribution in [0.3, 0.4) is 0 Å². The molecule has 0 aromatic heterocycles. The quantitative estimate of drug-likeness (QED) is 0.548. The van der Waals surface area contributed by atoms with Crippen LogP contribution in [0, 0.1) is 12.3 Å². The van der Waals surface area contributed by atoms with E-state index in [9.17, 15) is 4.79 Å². The van der Waals surface area contributed by atoms with Gasteiger partial charge < -0.3 is 9.47 Å². The number of benzene rings is 2. The molecule has 0 aliphatic rings. The lowest BCUT2D eigenvalue weighted by Gasteiger charge is -2.11. The van der Waals surface area contributed by atoms with Gasteiger partial charge in [-0.1, -0.05) is 52.9 Å². The van der Waals surface area contributed by atoms with Crippen LogP contribution >= 0.6 is 34.8 Å². The lowest BCUT2D eigenvalue weighted by Crippen LogP contribution is -2.06. The molecule has 0 saturated heterocycles. The summed E-state index contributed by atoms with van der Waals surface area (Å²) >= 11 is 18.1. The van der Waals surface area contributed by atoms with E-state index in [1.54, 1.807) is 12.1 Å². The van der Waals surface area contributed by atoms with Gasteiger partial charge in [0.25, 0.3) is 0 Å². The maximum atomic E-state index is 11.7. The number of halogens is 3. The number of terminal acetylenes is 1. The maximum Gasteiger partial charge on any atom is 0.339 e. The second-order valence-electron chi connectivity index (χ2n) is 4.46. The van der Waals surface area contributed by atoms with E-state index in [1.807, 2.05) is 12.1 Å². The van der Waals surface area contributed by atoms with Crippen molar-refractivity contribution in [2.24, 2.45) is 0 Å². The van der Waals surface area contributed by atoms with E-state index in [0.717, 1.165) is 5.56 Å². The summed E-state index contributed by atoms with van der Waals surface area (Å²) in [5.74, 6) is 1.90. The first-order chi connectivity index (χ1) is 11.0. The summed E-state index contributed by atoms with van der Waals surface area (Å²) in [5.41, 5.74) is 1.10. The molecule has 0 unspecified atom stereocenters. The maximum absolute atomic E-state index is 11.7. The Morgan fingerprint density at radius 3 is 2.26 bits per heavy atom. The fourth-order valence-electron chi connectivity index (χ4n) is 1.74. The number of ether oxygens (including phenoxy) is 2. The third kappa shape index (κ3) is 4.80. The molecule has 2 aromatic rings. The number of hydrogen-bond donors (Lipinski definition) is 0. The van der Waals surface area contributed by atoms with E-state index in [4.69, 9.17) is 50.7 Å². The zero-order valence-electron chi connectivity index (χ0n) is 11.8. The van der Waals surface area contributed by atoms with Gasteiger partial charge in [0.05, 0.1) is 15.6 Å². The molecular formula is C17H11Cl3O3. The average Bonchev–Trinajstić information content (AvgIpc) is 2.53. The van der Waals surface area contributed by atoms with Gasteiger partial charge in [0.2, 0.25) is 0 Å². The van der Waals surface area contributed by atoms with Gasteiger partial charge in [-0.2, -0.15) is 0 Å². The van der Waals surface area contributed by atoms with Crippen molar-refractivity contribution in [2.75, 3.05) is 6.61 Å². The number of carbonyl (C=O) groups is 1. The summed E-state index contributed by atoms with van der Waals surface area (Å²) in [6, 6.07) is 10.0. The van der Waals surface area contributed by atoms with E-state index in [2.05, 4.69) is 5.92 Å². The first-order valence-corrected chi connectivity index (χ1v) is 7.61. The fourth-order valence-corrected chi connectivity index (χ4v) is 2.46. The summed E-state index contributed by atoms with van der Waals surface area (Å²) in [7, 11) is 0. The Morgan fingerprint density at radius 1 is 1.09 bits per heavy atom. The minimum Gasteiger partial charge on any atom is -0.486 e. The monoisotopic (exact) mass is 368 g/mol. The lowest BCUT2D eigenvalue weighted by molar-refractivity contribution is 0.0556. The Bertz CT molecular complexity index is 726. The molecule has 23 heavy (non-hydrogen) atoms. The summed E-state index contributed by atoms with van der Waals surface area (Å²) < 4.78 is 10.4. The Labute approximate surface area is 149 Å². The Morgan fingerprint density at radius 2 is 1.70 bits per heavy atom. The Balaban J connectivity index is 2.12. The van der Waals surface area contributed by atoms with Gasteiger partial charge in [0.1, 0.15) is 6.61 Å². The summed E-state index contributed by atoms with van der Waals surface area (Å²) in [5, 5.41) is 1.05. The van der Waals surface area contributed by atoms with Gasteiger partial charge in [-0.3, -0.25) is 0 Å². The van der Waals surface area contributed by atoms with Crippen LogP contribution in [0.4, 0.5) is 0 Å². The van der Waals surface area contributed by atoms with Crippen LogP contribution < -0.4 is 4.74 Å². The van der Waals surface area contributed by atoms with Gasteiger partial charge in [0.15, 0.2) is 12.4 Å². The van der Waals surface area contributed by atoms with Crippen LogP contribution in [0.2, 0.25) is 15.1 Å². The Kier molecular flexibility index (Phi) is 6.18. The highest BCUT2D eigenvalue weighted by Gasteiger charge is 2.15. The molecule has 0 aliphatic carbocycles. The van der Waals surface area contributed by atoms with Crippen LogP contribution in [0.5, 0.6) is 5.75 Å². The third-order valence-corrected chi connectivity index (χ3v) is 3.63. The van der Waals surface area contributed by atoms with Crippen molar-refractivity contribution in [1.29, 1.82) is 0 Å². The first-order valence-electron chi connectivity index (χ1n) is 6.48. The molecule has 3 nitrogen and oxygen atoms in total. The van der Waals surface area contributed by atoms with E-state index < -0.39 is 5.97 Å². The zero-order chi connectivity index (χ0) is 16.8. The molecular weight excluding hydrogens is 359 g/mol. The minimum absolute atomic E-state index is 0.122. The molecule has 2 rings (SSSR count). The van der Waals surface area contributed by atoms with Gasteiger partial charge in [-0.05, 0) is 29.8 Å². The molecule has 6 heteroatoms. The molecule has 0 N–H and O–H groups in total. The molecule has 118 valence electrons. The van der Waals surface area contributed by atoms with E-state index >= 15 is 0 Å². The highest BCUT2D eigenvalue weighted by molar-refractivity contribution is 6.37. The van der Waals surface area contributed by atoms with Gasteiger partial charge >= 0.3 is 5.97 Å². The zero-order valence-corrected chi connectivity index (χ0v) is 14.1. The topological polar surface area (TPSA) is 35.5 Å². The minimum atomic E-state index is -0.601. The smallest absolute Gasteiger partial charge is 0.339 e. The van der Waals surface area contributed by atoms with Gasteiger partial charge in [0, 0.05) is 5.02 Å². The second-order valence-corrected chi connectivity index (χ2v) is 5.72. The predicted octanol–water partition coefficient (Wildman–Crippen LogP) is 5.02. The molecule has 2 aromatic carbocycles. The van der Waals surface area contributed by atoms with Crippen molar-refractivity contribution < 1.29 is 14.3 Å². The van der Waals surface area contributed by atoms with Gasteiger partial charge in [-0.15, -0.1) is 6.42 Å². The van der Waals surface area contributed by atoms with Crippen molar-refractivity contribution in [3.63, 3.8) is 0 Å². The lowest BCUT2D eigenvalue weighted by atomic mass is 10.2. The van der Waals surface area contributed by atoms with Crippen molar-refractivity contribution in [2.45, 2.75) is 6.61 Å². The van der Waals surface area contributed by atoms with Crippen molar-refractivity contribution in [3.8, 4) is 18.1 Å². The molecule has 0 fully saturated rings. The van der Waals surface area contributed by atoms with E-state index in [0.29, 0.717) is 5.02 Å². The summed E-state index contributed by atoms with van der Waals surface area (Å²) in [4.78, 5) is 11.7. The molecule has 0 saturated carbocycles. The average molecular weight is 370 g/mol. The predicted molar refractivity (Wildman–Crippen MR) is 91.4 cm³/mol. The van der Waals surface area contributed by atoms with Crippen LogP contribution in [0.1, 0.15) is 15.9 Å². The molecule has 0 aliphatic heterocycles. The normalized spacial score (nSPS) is 10.0. The van der Waals surface area contributed by atoms with Crippen LogP contribution in [-0.4, -0.2) is 12.6 Å². The second kappa shape index (κ2) is 8.12.